The molecule has 0 bridgehead atoms. The van der Waals surface area contributed by atoms with Crippen molar-refractivity contribution < 1.29 is 9.59 Å². The number of fused-ring (bicyclic) bond motifs is 1. The molecule has 3 aromatic rings. The zero-order valence-corrected chi connectivity index (χ0v) is 15.4. The van der Waals surface area contributed by atoms with Gasteiger partial charge in [0, 0.05) is 55.8 Å². The molecule has 5 heteroatoms. The van der Waals surface area contributed by atoms with Crippen LogP contribution in [0.5, 0.6) is 0 Å². The van der Waals surface area contributed by atoms with E-state index in [0.29, 0.717) is 31.7 Å². The molecule has 1 N–H and O–H groups in total. The highest BCUT2D eigenvalue weighted by molar-refractivity contribution is 6.10. The van der Waals surface area contributed by atoms with E-state index in [4.69, 9.17) is 0 Å². The molecule has 0 saturated carbocycles. The molecule has 1 aromatic heterocycles. The van der Waals surface area contributed by atoms with Crippen LogP contribution in [0.25, 0.3) is 10.9 Å². The van der Waals surface area contributed by atoms with E-state index in [-0.39, 0.29) is 17.7 Å². The molecular formula is C22H23N3O2. The predicted molar refractivity (Wildman–Crippen MR) is 106 cm³/mol. The fraction of sp³-hybridized carbons (Fsp3) is 0.273. The van der Waals surface area contributed by atoms with Crippen molar-refractivity contribution in [1.29, 1.82) is 0 Å². The first-order valence-electron chi connectivity index (χ1n) is 9.30. The third kappa shape index (κ3) is 3.38. The molecule has 1 fully saturated rings. The van der Waals surface area contributed by atoms with Crippen molar-refractivity contribution in [3.05, 3.63) is 71.9 Å². The third-order valence-electron chi connectivity index (χ3n) is 5.34. The van der Waals surface area contributed by atoms with Crippen LogP contribution in [-0.2, 0) is 4.79 Å². The molecular weight excluding hydrogens is 338 g/mol. The summed E-state index contributed by atoms with van der Waals surface area (Å²) in [5.41, 5.74) is 2.67. The number of para-hydroxylation sites is 1. The largest absolute Gasteiger partial charge is 0.360 e. The van der Waals surface area contributed by atoms with Gasteiger partial charge in [0.1, 0.15) is 0 Å². The molecule has 138 valence electrons. The first-order valence-corrected chi connectivity index (χ1v) is 9.30. The number of hydrogen-bond acceptors (Lipinski definition) is 3. The minimum Gasteiger partial charge on any atom is -0.360 e. The van der Waals surface area contributed by atoms with Crippen molar-refractivity contribution in [3.63, 3.8) is 0 Å². The summed E-state index contributed by atoms with van der Waals surface area (Å²) in [7, 11) is 0. The number of hydrogen-bond donors (Lipinski definition) is 1. The van der Waals surface area contributed by atoms with Gasteiger partial charge in [-0.1, -0.05) is 48.5 Å². The normalized spacial score (nSPS) is 16.4. The first-order chi connectivity index (χ1) is 13.1. The zero-order chi connectivity index (χ0) is 18.8. The number of Topliss-reactive ketones (excluding diaryl/α,β-unsaturated/α-hetero) is 1. The summed E-state index contributed by atoms with van der Waals surface area (Å²) < 4.78 is 0. The number of carbonyl (C=O) groups is 2. The highest BCUT2D eigenvalue weighted by Crippen LogP contribution is 2.29. The monoisotopic (exact) mass is 361 g/mol. The van der Waals surface area contributed by atoms with Gasteiger partial charge in [0.2, 0.25) is 5.91 Å². The van der Waals surface area contributed by atoms with Crippen LogP contribution in [-0.4, -0.2) is 52.7 Å². The van der Waals surface area contributed by atoms with Crippen LogP contribution in [0.2, 0.25) is 0 Å². The van der Waals surface area contributed by atoms with E-state index in [0.717, 1.165) is 16.5 Å². The van der Waals surface area contributed by atoms with Gasteiger partial charge in [-0.25, -0.2) is 0 Å². The molecule has 1 saturated heterocycles. The Hall–Kier alpha value is -2.92. The molecule has 1 aliphatic heterocycles. The van der Waals surface area contributed by atoms with Crippen LogP contribution < -0.4 is 0 Å². The van der Waals surface area contributed by atoms with Crippen LogP contribution in [0.4, 0.5) is 0 Å². The molecule has 2 aromatic carbocycles. The Kier molecular flexibility index (Phi) is 4.77. The summed E-state index contributed by atoms with van der Waals surface area (Å²) in [5.74, 6) is 0.184. The standard InChI is InChI=1S/C22H23N3O2/c1-16(26)24-11-13-25(14-12-24)21(17-7-3-2-4-8-17)22(27)19-15-23-20-10-6-5-9-18(19)20/h2-10,15,21,23H,11-14H2,1H3/t21-/m0/s1. The lowest BCUT2D eigenvalue weighted by molar-refractivity contribution is -0.130. The minimum atomic E-state index is -0.348. The van der Waals surface area contributed by atoms with E-state index < -0.39 is 0 Å². The molecule has 0 aliphatic carbocycles. The van der Waals surface area contributed by atoms with Gasteiger partial charge in [-0.2, -0.15) is 0 Å². The summed E-state index contributed by atoms with van der Waals surface area (Å²) in [5, 5.41) is 0.950. The SMILES string of the molecule is CC(=O)N1CCN([C@H](C(=O)c2c[nH]c3ccccc23)c2ccccc2)CC1. The van der Waals surface area contributed by atoms with Gasteiger partial charge in [-0.05, 0) is 11.6 Å². The Morgan fingerprint density at radius 1 is 0.926 bits per heavy atom. The molecule has 2 heterocycles. The van der Waals surface area contributed by atoms with E-state index in [9.17, 15) is 9.59 Å². The number of ketones is 1. The second-order valence-electron chi connectivity index (χ2n) is 6.97. The van der Waals surface area contributed by atoms with Gasteiger partial charge < -0.3 is 9.88 Å². The lowest BCUT2D eigenvalue weighted by Gasteiger charge is -2.38. The summed E-state index contributed by atoms with van der Waals surface area (Å²) in [6, 6.07) is 17.4. The number of nitrogens with zero attached hydrogens (tertiary/aromatic N) is 2. The number of nitrogens with one attached hydrogen (secondary N) is 1. The molecule has 4 rings (SSSR count). The van der Waals surface area contributed by atoms with Gasteiger partial charge in [-0.15, -0.1) is 0 Å². The van der Waals surface area contributed by atoms with Crippen LogP contribution in [0.1, 0.15) is 28.9 Å². The number of rotatable bonds is 4. The molecule has 27 heavy (non-hydrogen) atoms. The van der Waals surface area contributed by atoms with Crippen molar-refractivity contribution in [2.75, 3.05) is 26.2 Å². The maximum absolute atomic E-state index is 13.6. The Morgan fingerprint density at radius 3 is 2.30 bits per heavy atom. The third-order valence-corrected chi connectivity index (χ3v) is 5.34. The fourth-order valence-corrected chi connectivity index (χ4v) is 3.88. The Bertz CT molecular complexity index is 956. The average Bonchev–Trinajstić information content (AvgIpc) is 3.13. The molecule has 0 radical (unpaired) electrons. The lowest BCUT2D eigenvalue weighted by atomic mass is 9.95. The summed E-state index contributed by atoms with van der Waals surface area (Å²) in [6.07, 6.45) is 1.81. The summed E-state index contributed by atoms with van der Waals surface area (Å²) in [6.45, 7) is 4.28. The Morgan fingerprint density at radius 2 is 1.59 bits per heavy atom. The van der Waals surface area contributed by atoms with E-state index in [1.54, 1.807) is 6.92 Å². The van der Waals surface area contributed by atoms with E-state index in [1.165, 1.54) is 0 Å². The molecule has 5 nitrogen and oxygen atoms in total. The van der Waals surface area contributed by atoms with Crippen LogP contribution >= 0.6 is 0 Å². The second kappa shape index (κ2) is 7.37. The molecule has 1 atom stereocenters. The maximum Gasteiger partial charge on any atom is 0.219 e. The number of carbonyl (C=O) groups excluding carboxylic acids is 2. The highest BCUT2D eigenvalue weighted by Gasteiger charge is 2.32. The maximum atomic E-state index is 13.6. The van der Waals surface area contributed by atoms with Gasteiger partial charge in [0.25, 0.3) is 0 Å². The van der Waals surface area contributed by atoms with E-state index in [2.05, 4.69) is 9.88 Å². The number of H-pyrrole nitrogens is 1. The van der Waals surface area contributed by atoms with Crippen molar-refractivity contribution in [2.45, 2.75) is 13.0 Å². The summed E-state index contributed by atoms with van der Waals surface area (Å²) >= 11 is 0. The van der Waals surface area contributed by atoms with Gasteiger partial charge in [0.05, 0.1) is 6.04 Å². The Balaban J connectivity index is 1.69. The highest BCUT2D eigenvalue weighted by atomic mass is 16.2. The van der Waals surface area contributed by atoms with Crippen LogP contribution in [0.3, 0.4) is 0 Å². The zero-order valence-electron chi connectivity index (χ0n) is 15.4. The van der Waals surface area contributed by atoms with E-state index in [1.807, 2.05) is 65.7 Å². The smallest absolute Gasteiger partial charge is 0.219 e. The average molecular weight is 361 g/mol. The molecule has 0 spiro atoms. The lowest BCUT2D eigenvalue weighted by Crippen LogP contribution is -2.50. The quantitative estimate of drug-likeness (QED) is 0.726. The minimum absolute atomic E-state index is 0.0915. The second-order valence-corrected chi connectivity index (χ2v) is 6.97. The van der Waals surface area contributed by atoms with Gasteiger partial charge in [0.15, 0.2) is 5.78 Å². The van der Waals surface area contributed by atoms with Crippen LogP contribution in [0.15, 0.2) is 60.8 Å². The van der Waals surface area contributed by atoms with Crippen molar-refractivity contribution in [2.24, 2.45) is 0 Å². The van der Waals surface area contributed by atoms with Gasteiger partial charge >= 0.3 is 0 Å². The van der Waals surface area contributed by atoms with Crippen LogP contribution in [0, 0.1) is 0 Å². The van der Waals surface area contributed by atoms with E-state index >= 15 is 0 Å². The number of piperazine rings is 1. The number of aromatic nitrogens is 1. The number of amides is 1. The van der Waals surface area contributed by atoms with Crippen molar-refractivity contribution in [1.82, 2.24) is 14.8 Å². The summed E-state index contributed by atoms with van der Waals surface area (Å²) in [4.78, 5) is 32.5. The van der Waals surface area contributed by atoms with Crippen molar-refractivity contribution in [3.8, 4) is 0 Å². The van der Waals surface area contributed by atoms with Gasteiger partial charge in [-0.3, -0.25) is 14.5 Å². The molecule has 1 amide bonds. The predicted octanol–water partition coefficient (Wildman–Crippen LogP) is 3.26. The number of benzene rings is 2. The molecule has 0 unspecified atom stereocenters. The molecule has 1 aliphatic rings. The fourth-order valence-electron chi connectivity index (χ4n) is 3.88. The first kappa shape index (κ1) is 17.5. The number of aromatic amines is 1. The Labute approximate surface area is 158 Å². The van der Waals surface area contributed by atoms with Crippen molar-refractivity contribution >= 4 is 22.6 Å². The topological polar surface area (TPSA) is 56.4 Å².